The standard InChI is InChI=1S/C13H16N2O5/c1-8(2)20-10(16)7-15-11(17)13(3,14-12(15)18)9-5-4-6-19-9/h4-6,8H,7H2,1-3H3,(H,14,18). The monoisotopic (exact) mass is 280 g/mol. The first-order valence-electron chi connectivity index (χ1n) is 6.22. The first-order valence-corrected chi connectivity index (χ1v) is 6.22. The van der Waals surface area contributed by atoms with Gasteiger partial charge in [0.15, 0.2) is 5.54 Å². The van der Waals surface area contributed by atoms with Crippen molar-refractivity contribution in [3.8, 4) is 0 Å². The molecule has 0 bridgehead atoms. The van der Waals surface area contributed by atoms with E-state index < -0.39 is 30.0 Å². The van der Waals surface area contributed by atoms with Crippen LogP contribution in [0.25, 0.3) is 0 Å². The maximum Gasteiger partial charge on any atom is 0.326 e. The van der Waals surface area contributed by atoms with Crippen molar-refractivity contribution >= 4 is 17.9 Å². The molecule has 7 nitrogen and oxygen atoms in total. The Morgan fingerprint density at radius 3 is 2.75 bits per heavy atom. The number of amides is 3. The molecule has 1 unspecified atom stereocenters. The van der Waals surface area contributed by atoms with Crippen molar-refractivity contribution in [2.24, 2.45) is 0 Å². The summed E-state index contributed by atoms with van der Waals surface area (Å²) in [6.07, 6.45) is 1.11. The SMILES string of the molecule is CC(C)OC(=O)CN1C(=O)NC(C)(c2ccco2)C1=O. The zero-order chi connectivity index (χ0) is 14.9. The minimum Gasteiger partial charge on any atom is -0.466 e. The molecule has 1 N–H and O–H groups in total. The average molecular weight is 280 g/mol. The summed E-state index contributed by atoms with van der Waals surface area (Å²) in [5, 5.41) is 2.53. The van der Waals surface area contributed by atoms with Crippen molar-refractivity contribution in [2.75, 3.05) is 6.54 Å². The highest BCUT2D eigenvalue weighted by Gasteiger charge is 2.51. The predicted molar refractivity (Wildman–Crippen MR) is 67.5 cm³/mol. The van der Waals surface area contributed by atoms with Crippen LogP contribution >= 0.6 is 0 Å². The van der Waals surface area contributed by atoms with Gasteiger partial charge >= 0.3 is 12.0 Å². The van der Waals surface area contributed by atoms with Gasteiger partial charge < -0.3 is 14.5 Å². The second-order valence-electron chi connectivity index (χ2n) is 4.96. The summed E-state index contributed by atoms with van der Waals surface area (Å²) in [5.41, 5.74) is -1.29. The molecule has 3 amide bonds. The lowest BCUT2D eigenvalue weighted by molar-refractivity contribution is -0.151. The smallest absolute Gasteiger partial charge is 0.326 e. The average Bonchev–Trinajstić information content (AvgIpc) is 2.93. The summed E-state index contributed by atoms with van der Waals surface area (Å²) in [6, 6.07) is 2.57. The molecule has 1 aliphatic heterocycles. The number of ether oxygens (including phenoxy) is 1. The molecule has 1 aromatic heterocycles. The number of urea groups is 1. The molecular formula is C13H16N2O5. The summed E-state index contributed by atoms with van der Waals surface area (Å²) in [7, 11) is 0. The lowest BCUT2D eigenvalue weighted by atomic mass is 9.99. The number of rotatable bonds is 4. The van der Waals surface area contributed by atoms with E-state index >= 15 is 0 Å². The van der Waals surface area contributed by atoms with Gasteiger partial charge in [-0.15, -0.1) is 0 Å². The molecule has 1 saturated heterocycles. The normalized spacial score (nSPS) is 22.3. The van der Waals surface area contributed by atoms with E-state index in [1.54, 1.807) is 26.0 Å². The van der Waals surface area contributed by atoms with E-state index in [-0.39, 0.29) is 6.10 Å². The van der Waals surface area contributed by atoms with E-state index in [0.29, 0.717) is 5.76 Å². The van der Waals surface area contributed by atoms with Gasteiger partial charge in [-0.3, -0.25) is 14.5 Å². The Labute approximate surface area is 115 Å². The second kappa shape index (κ2) is 4.99. The molecule has 7 heteroatoms. The highest BCUT2D eigenvalue weighted by Crippen LogP contribution is 2.28. The van der Waals surface area contributed by atoms with Crippen LogP contribution in [0.2, 0.25) is 0 Å². The van der Waals surface area contributed by atoms with Crippen LogP contribution < -0.4 is 5.32 Å². The van der Waals surface area contributed by atoms with Gasteiger partial charge in [-0.05, 0) is 32.9 Å². The van der Waals surface area contributed by atoms with Crippen LogP contribution in [0.5, 0.6) is 0 Å². The van der Waals surface area contributed by atoms with E-state index in [2.05, 4.69) is 5.32 Å². The zero-order valence-corrected chi connectivity index (χ0v) is 11.5. The van der Waals surface area contributed by atoms with Crippen molar-refractivity contribution in [1.82, 2.24) is 10.2 Å². The Morgan fingerprint density at radius 2 is 2.20 bits per heavy atom. The molecule has 0 radical (unpaired) electrons. The number of hydrogen-bond acceptors (Lipinski definition) is 5. The van der Waals surface area contributed by atoms with Gasteiger partial charge in [0.05, 0.1) is 12.4 Å². The highest BCUT2D eigenvalue weighted by molar-refractivity contribution is 6.08. The molecule has 1 atom stereocenters. The molecule has 1 fully saturated rings. The first kappa shape index (κ1) is 14.1. The number of carbonyl (C=O) groups is 3. The topological polar surface area (TPSA) is 88.8 Å². The quantitative estimate of drug-likeness (QED) is 0.656. The fourth-order valence-corrected chi connectivity index (χ4v) is 2.00. The second-order valence-corrected chi connectivity index (χ2v) is 4.96. The molecule has 0 aliphatic carbocycles. The number of esters is 1. The van der Waals surface area contributed by atoms with E-state index in [0.717, 1.165) is 4.90 Å². The van der Waals surface area contributed by atoms with Gasteiger partial charge in [0.1, 0.15) is 12.3 Å². The van der Waals surface area contributed by atoms with Crippen LogP contribution in [-0.4, -0.2) is 35.5 Å². The molecule has 2 heterocycles. The number of imide groups is 1. The van der Waals surface area contributed by atoms with Gasteiger partial charge in [-0.1, -0.05) is 0 Å². The van der Waals surface area contributed by atoms with E-state index in [1.807, 2.05) is 0 Å². The van der Waals surface area contributed by atoms with Crippen molar-refractivity contribution in [3.05, 3.63) is 24.2 Å². The number of hydrogen-bond donors (Lipinski definition) is 1. The molecule has 1 aliphatic rings. The Bertz CT molecular complexity index is 537. The summed E-state index contributed by atoms with van der Waals surface area (Å²) in [6.45, 7) is 4.49. The van der Waals surface area contributed by atoms with Gasteiger partial charge in [0.2, 0.25) is 0 Å². The van der Waals surface area contributed by atoms with Crippen molar-refractivity contribution < 1.29 is 23.5 Å². The third-order valence-corrected chi connectivity index (χ3v) is 2.94. The summed E-state index contributed by atoms with van der Waals surface area (Å²) in [5.74, 6) is -0.860. The lowest BCUT2D eigenvalue weighted by Gasteiger charge is -2.18. The Balaban J connectivity index is 2.15. The van der Waals surface area contributed by atoms with Crippen LogP contribution in [0.3, 0.4) is 0 Å². The number of nitrogens with one attached hydrogen (secondary N) is 1. The Hall–Kier alpha value is -2.31. The predicted octanol–water partition coefficient (Wildman–Crippen LogP) is 0.998. The Kier molecular flexibility index (Phi) is 3.52. The molecular weight excluding hydrogens is 264 g/mol. The van der Waals surface area contributed by atoms with Gasteiger partial charge in [0.25, 0.3) is 5.91 Å². The van der Waals surface area contributed by atoms with Crippen molar-refractivity contribution in [2.45, 2.75) is 32.4 Å². The third-order valence-electron chi connectivity index (χ3n) is 2.94. The molecule has 20 heavy (non-hydrogen) atoms. The maximum absolute atomic E-state index is 12.3. The van der Waals surface area contributed by atoms with Gasteiger partial charge in [-0.2, -0.15) is 0 Å². The van der Waals surface area contributed by atoms with Gasteiger partial charge in [-0.25, -0.2) is 4.79 Å². The van der Waals surface area contributed by atoms with Crippen molar-refractivity contribution in [1.29, 1.82) is 0 Å². The third kappa shape index (κ3) is 2.38. The lowest BCUT2D eigenvalue weighted by Crippen LogP contribution is -2.41. The number of nitrogens with zero attached hydrogens (tertiary/aromatic N) is 1. The zero-order valence-electron chi connectivity index (χ0n) is 11.5. The fourth-order valence-electron chi connectivity index (χ4n) is 2.00. The van der Waals surface area contributed by atoms with Crippen LogP contribution in [0.4, 0.5) is 4.79 Å². The summed E-state index contributed by atoms with van der Waals surface area (Å²) >= 11 is 0. The molecule has 0 spiro atoms. The van der Waals surface area contributed by atoms with Gasteiger partial charge in [0, 0.05) is 0 Å². The van der Waals surface area contributed by atoms with Crippen LogP contribution in [0, 0.1) is 0 Å². The molecule has 0 aromatic carbocycles. The molecule has 0 saturated carbocycles. The fraction of sp³-hybridized carbons (Fsp3) is 0.462. The largest absolute Gasteiger partial charge is 0.466 e. The van der Waals surface area contributed by atoms with E-state index in [1.165, 1.54) is 13.2 Å². The van der Waals surface area contributed by atoms with Crippen LogP contribution in [0.1, 0.15) is 26.5 Å². The minimum absolute atomic E-state index is 0.306. The maximum atomic E-state index is 12.3. The highest BCUT2D eigenvalue weighted by atomic mass is 16.5. The summed E-state index contributed by atoms with van der Waals surface area (Å²) < 4.78 is 10.1. The van der Waals surface area contributed by atoms with Crippen LogP contribution in [0.15, 0.2) is 22.8 Å². The van der Waals surface area contributed by atoms with Crippen LogP contribution in [-0.2, 0) is 19.9 Å². The van der Waals surface area contributed by atoms with E-state index in [4.69, 9.17) is 9.15 Å². The summed E-state index contributed by atoms with van der Waals surface area (Å²) in [4.78, 5) is 36.6. The minimum atomic E-state index is -1.29. The Morgan fingerprint density at radius 1 is 1.50 bits per heavy atom. The number of furan rings is 1. The van der Waals surface area contributed by atoms with E-state index in [9.17, 15) is 14.4 Å². The number of carbonyl (C=O) groups excluding carboxylic acids is 3. The molecule has 108 valence electrons. The van der Waals surface area contributed by atoms with Crippen molar-refractivity contribution in [3.63, 3.8) is 0 Å². The molecule has 2 rings (SSSR count). The first-order chi connectivity index (χ1) is 9.34. The molecule has 1 aromatic rings.